The Morgan fingerprint density at radius 3 is 2.67 bits per heavy atom. The molecule has 27 heavy (non-hydrogen) atoms. The van der Waals surface area contributed by atoms with E-state index in [1.807, 2.05) is 0 Å². The van der Waals surface area contributed by atoms with Gasteiger partial charge < -0.3 is 9.15 Å². The average Bonchev–Trinajstić information content (AvgIpc) is 3.20. The maximum absolute atomic E-state index is 14.1. The fourth-order valence-corrected chi connectivity index (χ4v) is 3.42. The molecule has 0 radical (unpaired) electrons. The number of esters is 1. The van der Waals surface area contributed by atoms with Crippen LogP contribution < -0.4 is 4.90 Å². The van der Waals surface area contributed by atoms with Gasteiger partial charge in [-0.25, -0.2) is 14.2 Å². The number of halogens is 1. The van der Waals surface area contributed by atoms with Crippen LogP contribution in [0.1, 0.15) is 34.5 Å². The summed E-state index contributed by atoms with van der Waals surface area (Å²) < 4.78 is 24.7. The number of rotatable bonds is 5. The van der Waals surface area contributed by atoms with Gasteiger partial charge >= 0.3 is 5.97 Å². The molecule has 0 aliphatic rings. The molecule has 1 aromatic carbocycles. The van der Waals surface area contributed by atoms with Crippen LogP contribution in [0.4, 0.5) is 15.2 Å². The van der Waals surface area contributed by atoms with Gasteiger partial charge in [0.1, 0.15) is 29.5 Å². The summed E-state index contributed by atoms with van der Waals surface area (Å²) in [5, 5.41) is 1.96. The van der Waals surface area contributed by atoms with Crippen LogP contribution in [0.2, 0.25) is 0 Å². The summed E-state index contributed by atoms with van der Waals surface area (Å²) >= 11 is 1.16. The minimum atomic E-state index is -0.526. The van der Waals surface area contributed by atoms with Gasteiger partial charge in [-0.15, -0.1) is 11.3 Å². The highest BCUT2D eigenvalue weighted by molar-refractivity contribution is 7.14. The molecular weight excluding hydrogens is 371 g/mol. The van der Waals surface area contributed by atoms with Gasteiger partial charge in [0.2, 0.25) is 5.91 Å². The molecule has 3 rings (SSSR count). The van der Waals surface area contributed by atoms with E-state index in [2.05, 4.69) is 4.98 Å². The van der Waals surface area contributed by atoms with E-state index in [1.165, 1.54) is 24.0 Å². The Morgan fingerprint density at radius 2 is 2.04 bits per heavy atom. The van der Waals surface area contributed by atoms with Gasteiger partial charge in [-0.05, 0) is 32.0 Å². The molecule has 0 bridgehead atoms. The number of nitrogens with zero attached hydrogens (tertiary/aromatic N) is 2. The fraction of sp³-hybridized carbons (Fsp3) is 0.211. The van der Waals surface area contributed by atoms with Gasteiger partial charge in [-0.1, -0.05) is 12.1 Å². The van der Waals surface area contributed by atoms with Crippen LogP contribution in [0, 0.1) is 19.7 Å². The Balaban J connectivity index is 1.75. The first-order valence-corrected chi connectivity index (χ1v) is 8.98. The van der Waals surface area contributed by atoms with E-state index in [0.717, 1.165) is 11.3 Å². The predicted octanol–water partition coefficient (Wildman–Crippen LogP) is 4.53. The zero-order valence-electron chi connectivity index (χ0n) is 15.0. The molecule has 8 heteroatoms. The highest BCUT2D eigenvalue weighted by Crippen LogP contribution is 2.31. The van der Waals surface area contributed by atoms with Gasteiger partial charge in [0.25, 0.3) is 0 Å². The lowest BCUT2D eigenvalue weighted by Crippen LogP contribution is -2.23. The van der Waals surface area contributed by atoms with E-state index in [-0.39, 0.29) is 18.2 Å². The zero-order chi connectivity index (χ0) is 19.6. The number of hydrogen-bond donors (Lipinski definition) is 0. The Hall–Kier alpha value is -3.00. The minimum Gasteiger partial charge on any atom is -0.466 e. The molecule has 0 N–H and O–H groups in total. The minimum absolute atomic E-state index is 0.0674. The smallest absolute Gasteiger partial charge is 0.342 e. The van der Waals surface area contributed by atoms with Crippen molar-refractivity contribution in [3.8, 4) is 0 Å². The summed E-state index contributed by atoms with van der Waals surface area (Å²) in [6.07, 6.45) is 0. The summed E-state index contributed by atoms with van der Waals surface area (Å²) in [5.41, 5.74) is 0.941. The summed E-state index contributed by atoms with van der Waals surface area (Å²) in [5.74, 6) is -0.309. The van der Waals surface area contributed by atoms with E-state index < -0.39 is 11.8 Å². The van der Waals surface area contributed by atoms with Crippen molar-refractivity contribution in [2.75, 3.05) is 4.90 Å². The van der Waals surface area contributed by atoms with E-state index in [0.29, 0.717) is 27.9 Å². The largest absolute Gasteiger partial charge is 0.466 e. The lowest BCUT2D eigenvalue weighted by molar-refractivity contribution is -0.115. The van der Waals surface area contributed by atoms with Crippen molar-refractivity contribution in [2.45, 2.75) is 27.4 Å². The summed E-state index contributed by atoms with van der Waals surface area (Å²) in [7, 11) is 0. The van der Waals surface area contributed by atoms with Crippen LogP contribution in [0.5, 0.6) is 0 Å². The number of thiazole rings is 1. The number of para-hydroxylation sites is 1. The van der Waals surface area contributed by atoms with Crippen molar-refractivity contribution in [3.05, 3.63) is 64.3 Å². The third kappa shape index (κ3) is 4.06. The zero-order valence-corrected chi connectivity index (χ0v) is 15.8. The lowest BCUT2D eigenvalue weighted by atomic mass is 10.2. The molecule has 0 atom stereocenters. The molecule has 0 saturated heterocycles. The van der Waals surface area contributed by atoms with Crippen LogP contribution in [-0.2, 0) is 16.1 Å². The third-order valence-corrected chi connectivity index (χ3v) is 4.63. The second-order valence-electron chi connectivity index (χ2n) is 5.83. The quantitative estimate of drug-likeness (QED) is 0.600. The number of furan rings is 1. The molecule has 0 unspecified atom stereocenters. The molecule has 2 aromatic heterocycles. The molecular formula is C19H17FN2O4S. The van der Waals surface area contributed by atoms with Gasteiger partial charge in [0.15, 0.2) is 5.13 Å². The molecule has 0 saturated carbocycles. The van der Waals surface area contributed by atoms with E-state index >= 15 is 0 Å². The molecule has 6 nitrogen and oxygen atoms in total. The van der Waals surface area contributed by atoms with E-state index in [4.69, 9.17) is 9.15 Å². The number of anilines is 2. The molecule has 140 valence electrons. The lowest BCUT2D eigenvalue weighted by Gasteiger charge is -2.18. The van der Waals surface area contributed by atoms with E-state index in [1.54, 1.807) is 37.4 Å². The first-order valence-electron chi connectivity index (χ1n) is 8.10. The van der Waals surface area contributed by atoms with Gasteiger partial charge in [-0.2, -0.15) is 0 Å². The molecule has 0 aliphatic carbocycles. The number of hydrogen-bond acceptors (Lipinski definition) is 6. The van der Waals surface area contributed by atoms with Crippen molar-refractivity contribution in [2.24, 2.45) is 0 Å². The Bertz CT molecular complexity index is 995. The van der Waals surface area contributed by atoms with Crippen LogP contribution in [0.15, 0.2) is 40.1 Å². The highest BCUT2D eigenvalue weighted by atomic mass is 32.1. The number of benzene rings is 1. The molecule has 0 spiro atoms. The summed E-state index contributed by atoms with van der Waals surface area (Å²) in [4.78, 5) is 29.7. The van der Waals surface area contributed by atoms with Crippen molar-refractivity contribution < 1.29 is 23.1 Å². The first kappa shape index (κ1) is 18.8. The number of carbonyl (C=O) groups is 2. The monoisotopic (exact) mass is 388 g/mol. The van der Waals surface area contributed by atoms with Crippen LogP contribution in [0.25, 0.3) is 0 Å². The normalized spacial score (nSPS) is 10.7. The number of carbonyl (C=O) groups excluding carboxylic acids is 2. The Labute approximate surface area is 159 Å². The number of amides is 1. The highest BCUT2D eigenvalue weighted by Gasteiger charge is 2.21. The van der Waals surface area contributed by atoms with Crippen molar-refractivity contribution in [1.29, 1.82) is 0 Å². The van der Waals surface area contributed by atoms with Crippen LogP contribution in [0.3, 0.4) is 0 Å². The third-order valence-electron chi connectivity index (χ3n) is 3.75. The van der Waals surface area contributed by atoms with Crippen LogP contribution in [-0.4, -0.2) is 16.9 Å². The van der Waals surface area contributed by atoms with Crippen molar-refractivity contribution in [1.82, 2.24) is 4.98 Å². The molecule has 0 fully saturated rings. The van der Waals surface area contributed by atoms with Crippen LogP contribution >= 0.6 is 11.3 Å². The van der Waals surface area contributed by atoms with Gasteiger partial charge in [0.05, 0.1) is 11.4 Å². The second-order valence-corrected chi connectivity index (χ2v) is 6.67. The molecule has 3 aromatic rings. The topological polar surface area (TPSA) is 72.6 Å². The Kier molecular flexibility index (Phi) is 5.36. The number of ether oxygens (including phenoxy) is 1. The molecule has 1 amide bonds. The van der Waals surface area contributed by atoms with E-state index in [9.17, 15) is 14.0 Å². The fourth-order valence-electron chi connectivity index (χ4n) is 2.56. The van der Waals surface area contributed by atoms with Gasteiger partial charge in [-0.3, -0.25) is 9.69 Å². The molecule has 2 heterocycles. The van der Waals surface area contributed by atoms with Crippen molar-refractivity contribution >= 4 is 34.0 Å². The number of aromatic nitrogens is 1. The second kappa shape index (κ2) is 7.71. The Morgan fingerprint density at radius 1 is 1.30 bits per heavy atom. The maximum Gasteiger partial charge on any atom is 0.342 e. The average molecular weight is 388 g/mol. The summed E-state index contributed by atoms with van der Waals surface area (Å²) in [6, 6.07) is 7.57. The molecule has 0 aliphatic heterocycles. The maximum atomic E-state index is 14.1. The van der Waals surface area contributed by atoms with Gasteiger partial charge in [0, 0.05) is 12.3 Å². The number of aryl methyl sites for hydroxylation is 2. The predicted molar refractivity (Wildman–Crippen MR) is 98.6 cm³/mol. The first-order chi connectivity index (χ1) is 12.9. The van der Waals surface area contributed by atoms with Crippen molar-refractivity contribution in [3.63, 3.8) is 0 Å². The SMILES string of the molecule is CC(=O)N(c1nc(COC(=O)c2cc(C)oc2C)cs1)c1ccccc1F. The standard InChI is InChI=1S/C19H17FN2O4S/c1-11-8-15(12(2)26-11)18(24)25-9-14-10-27-19(21-14)22(13(3)23)17-7-5-4-6-16(17)20/h4-8,10H,9H2,1-3H3. The summed E-state index contributed by atoms with van der Waals surface area (Å²) in [6.45, 7) is 4.69.